The Bertz CT molecular complexity index is 948. The SMILES string of the molecule is CC[C@@H](C(=O)NC1CCCCC1)N(Cc1cccc(C)c1)C(=O)CSCc1cc(C)cc(C)c1. The van der Waals surface area contributed by atoms with E-state index in [1.54, 1.807) is 16.7 Å². The van der Waals surface area contributed by atoms with Gasteiger partial charge in [-0.15, -0.1) is 11.8 Å². The molecule has 1 fully saturated rings. The van der Waals surface area contributed by atoms with Crippen molar-refractivity contribution in [3.05, 3.63) is 70.3 Å². The number of nitrogens with one attached hydrogen (secondary N) is 1. The van der Waals surface area contributed by atoms with Crippen molar-refractivity contribution in [1.29, 1.82) is 0 Å². The molecule has 34 heavy (non-hydrogen) atoms. The van der Waals surface area contributed by atoms with E-state index in [0.29, 0.717) is 18.7 Å². The Morgan fingerprint density at radius 2 is 1.65 bits per heavy atom. The first-order chi connectivity index (χ1) is 16.4. The van der Waals surface area contributed by atoms with Crippen LogP contribution in [0.25, 0.3) is 0 Å². The van der Waals surface area contributed by atoms with Crippen LogP contribution in [0, 0.1) is 20.8 Å². The number of benzene rings is 2. The molecule has 2 aromatic carbocycles. The summed E-state index contributed by atoms with van der Waals surface area (Å²) < 4.78 is 0. The molecular weight excluding hydrogens is 440 g/mol. The number of rotatable bonds is 10. The lowest BCUT2D eigenvalue weighted by atomic mass is 9.95. The van der Waals surface area contributed by atoms with Crippen LogP contribution in [0.2, 0.25) is 0 Å². The number of nitrogens with zero attached hydrogens (tertiary/aromatic N) is 1. The summed E-state index contributed by atoms with van der Waals surface area (Å²) in [5, 5.41) is 3.26. The fourth-order valence-electron chi connectivity index (χ4n) is 4.96. The molecule has 0 radical (unpaired) electrons. The molecule has 0 aromatic heterocycles. The number of thioether (sulfide) groups is 1. The summed E-state index contributed by atoms with van der Waals surface area (Å²) in [5.74, 6) is 1.18. The van der Waals surface area contributed by atoms with Crippen LogP contribution in [0.5, 0.6) is 0 Å². The Hall–Kier alpha value is -2.27. The Labute approximate surface area is 209 Å². The highest BCUT2D eigenvalue weighted by Gasteiger charge is 2.30. The minimum Gasteiger partial charge on any atom is -0.352 e. The fraction of sp³-hybridized carbons (Fsp3) is 0.517. The third-order valence-electron chi connectivity index (χ3n) is 6.55. The monoisotopic (exact) mass is 480 g/mol. The standard InChI is InChI=1S/C29H40N2O2S/c1-5-27(29(33)30-26-12-7-6-8-13-26)31(18-24-11-9-10-21(2)15-24)28(32)20-34-19-25-16-22(3)14-23(4)17-25/h9-11,14-17,26-27H,5-8,12-13,18-20H2,1-4H3,(H,30,33)/t27-/m0/s1. The molecule has 184 valence electrons. The van der Waals surface area contributed by atoms with Crippen LogP contribution in [0.3, 0.4) is 0 Å². The van der Waals surface area contributed by atoms with Crippen LogP contribution in [0.1, 0.15) is 73.3 Å². The zero-order valence-corrected chi connectivity index (χ0v) is 22.0. The minimum absolute atomic E-state index is 0.00490. The summed E-state index contributed by atoms with van der Waals surface area (Å²) in [6, 6.07) is 14.6. The van der Waals surface area contributed by atoms with Crippen molar-refractivity contribution in [2.45, 2.75) is 90.6 Å². The van der Waals surface area contributed by atoms with Crippen molar-refractivity contribution in [2.24, 2.45) is 0 Å². The molecule has 0 heterocycles. The molecular formula is C29H40N2O2S. The van der Waals surface area contributed by atoms with E-state index in [4.69, 9.17) is 0 Å². The van der Waals surface area contributed by atoms with Gasteiger partial charge in [0.25, 0.3) is 0 Å². The predicted molar refractivity (Wildman–Crippen MR) is 143 cm³/mol. The summed E-state index contributed by atoms with van der Waals surface area (Å²) in [4.78, 5) is 28.6. The summed E-state index contributed by atoms with van der Waals surface area (Å²) in [6.07, 6.45) is 6.28. The van der Waals surface area contributed by atoms with Gasteiger partial charge in [0.15, 0.2) is 0 Å². The van der Waals surface area contributed by atoms with Gasteiger partial charge in [-0.2, -0.15) is 0 Å². The van der Waals surface area contributed by atoms with Gasteiger partial charge in [0.05, 0.1) is 5.75 Å². The Morgan fingerprint density at radius 3 is 2.29 bits per heavy atom. The summed E-state index contributed by atoms with van der Waals surface area (Å²) in [6.45, 7) is 8.73. The number of aryl methyl sites for hydroxylation is 3. The van der Waals surface area contributed by atoms with Gasteiger partial charge in [0.2, 0.25) is 11.8 Å². The Kier molecular flexibility index (Phi) is 10.1. The molecule has 1 atom stereocenters. The zero-order chi connectivity index (χ0) is 24.5. The van der Waals surface area contributed by atoms with Gasteiger partial charge >= 0.3 is 0 Å². The Balaban J connectivity index is 1.71. The smallest absolute Gasteiger partial charge is 0.243 e. The van der Waals surface area contributed by atoms with E-state index in [2.05, 4.69) is 56.4 Å². The van der Waals surface area contributed by atoms with Crippen LogP contribution >= 0.6 is 11.8 Å². The first-order valence-corrected chi connectivity index (χ1v) is 13.8. The Morgan fingerprint density at radius 1 is 0.971 bits per heavy atom. The summed E-state index contributed by atoms with van der Waals surface area (Å²) in [7, 11) is 0. The largest absolute Gasteiger partial charge is 0.352 e. The molecule has 1 aliphatic rings. The lowest BCUT2D eigenvalue weighted by molar-refractivity contribution is -0.139. The molecule has 1 aliphatic carbocycles. The minimum atomic E-state index is -0.447. The highest BCUT2D eigenvalue weighted by Crippen LogP contribution is 2.21. The van der Waals surface area contributed by atoms with Gasteiger partial charge in [0, 0.05) is 18.3 Å². The first-order valence-electron chi connectivity index (χ1n) is 12.7. The van der Waals surface area contributed by atoms with E-state index in [0.717, 1.165) is 29.7 Å². The molecule has 0 aliphatic heterocycles. The maximum absolute atomic E-state index is 13.5. The van der Waals surface area contributed by atoms with Crippen molar-refractivity contribution in [3.8, 4) is 0 Å². The molecule has 1 N–H and O–H groups in total. The summed E-state index contributed by atoms with van der Waals surface area (Å²) in [5.41, 5.74) is 5.95. The van der Waals surface area contributed by atoms with Crippen molar-refractivity contribution in [3.63, 3.8) is 0 Å². The topological polar surface area (TPSA) is 49.4 Å². The van der Waals surface area contributed by atoms with Crippen molar-refractivity contribution < 1.29 is 9.59 Å². The van der Waals surface area contributed by atoms with E-state index in [1.807, 2.05) is 19.1 Å². The van der Waals surface area contributed by atoms with E-state index < -0.39 is 6.04 Å². The van der Waals surface area contributed by atoms with E-state index in [9.17, 15) is 9.59 Å². The maximum atomic E-state index is 13.5. The molecule has 0 unspecified atom stereocenters. The van der Waals surface area contributed by atoms with Crippen molar-refractivity contribution >= 4 is 23.6 Å². The molecule has 1 saturated carbocycles. The van der Waals surface area contributed by atoms with Crippen LogP contribution in [-0.4, -0.2) is 34.6 Å². The predicted octanol–water partition coefficient (Wildman–Crippen LogP) is 6.10. The van der Waals surface area contributed by atoms with E-state index in [-0.39, 0.29) is 17.9 Å². The second-order valence-electron chi connectivity index (χ2n) is 9.77. The average Bonchev–Trinajstić information content (AvgIpc) is 2.79. The zero-order valence-electron chi connectivity index (χ0n) is 21.2. The molecule has 0 spiro atoms. The van der Waals surface area contributed by atoms with Gasteiger partial charge in [-0.25, -0.2) is 0 Å². The molecule has 4 nitrogen and oxygen atoms in total. The van der Waals surface area contributed by atoms with Crippen LogP contribution in [-0.2, 0) is 21.9 Å². The lowest BCUT2D eigenvalue weighted by Gasteiger charge is -2.33. The number of carbonyl (C=O) groups excluding carboxylic acids is 2. The van der Waals surface area contributed by atoms with Crippen LogP contribution in [0.4, 0.5) is 0 Å². The third kappa shape index (κ3) is 7.90. The normalized spacial score (nSPS) is 15.1. The quantitative estimate of drug-likeness (QED) is 0.447. The first kappa shape index (κ1) is 26.3. The van der Waals surface area contributed by atoms with Gasteiger partial charge in [0.1, 0.15) is 6.04 Å². The molecule has 0 bridgehead atoms. The molecule has 3 rings (SSSR count). The average molecular weight is 481 g/mol. The molecule has 0 saturated heterocycles. The number of carbonyl (C=O) groups is 2. The lowest BCUT2D eigenvalue weighted by Crippen LogP contribution is -2.52. The van der Waals surface area contributed by atoms with Crippen molar-refractivity contribution in [1.82, 2.24) is 10.2 Å². The van der Waals surface area contributed by atoms with E-state index in [1.165, 1.54) is 36.0 Å². The maximum Gasteiger partial charge on any atom is 0.243 e. The van der Waals surface area contributed by atoms with Gasteiger partial charge in [-0.3, -0.25) is 9.59 Å². The third-order valence-corrected chi connectivity index (χ3v) is 7.54. The van der Waals surface area contributed by atoms with E-state index >= 15 is 0 Å². The highest BCUT2D eigenvalue weighted by atomic mass is 32.2. The number of hydrogen-bond acceptors (Lipinski definition) is 3. The van der Waals surface area contributed by atoms with Gasteiger partial charge in [-0.05, 0) is 51.2 Å². The molecule has 5 heteroatoms. The summed E-state index contributed by atoms with van der Waals surface area (Å²) >= 11 is 1.63. The second kappa shape index (κ2) is 13.0. The van der Waals surface area contributed by atoms with Gasteiger partial charge < -0.3 is 10.2 Å². The van der Waals surface area contributed by atoms with Crippen LogP contribution in [0.15, 0.2) is 42.5 Å². The fourth-order valence-corrected chi connectivity index (χ4v) is 5.81. The van der Waals surface area contributed by atoms with Gasteiger partial charge in [-0.1, -0.05) is 85.3 Å². The molecule has 2 aromatic rings. The second-order valence-corrected chi connectivity index (χ2v) is 10.8. The van der Waals surface area contributed by atoms with Crippen molar-refractivity contribution in [2.75, 3.05) is 5.75 Å². The van der Waals surface area contributed by atoms with Crippen LogP contribution < -0.4 is 5.32 Å². The number of amides is 2. The molecule has 2 amide bonds. The number of hydrogen-bond donors (Lipinski definition) is 1. The highest BCUT2D eigenvalue weighted by molar-refractivity contribution is 7.99.